The Morgan fingerprint density at radius 1 is 0.935 bits per heavy atom. The third kappa shape index (κ3) is 4.81. The highest BCUT2D eigenvalue weighted by Gasteiger charge is 2.15. The number of nitrogens with zero attached hydrogens (tertiary/aromatic N) is 1. The van der Waals surface area contributed by atoms with Gasteiger partial charge in [0.2, 0.25) is 0 Å². The highest BCUT2D eigenvalue weighted by molar-refractivity contribution is 7.90. The van der Waals surface area contributed by atoms with E-state index >= 15 is 0 Å². The molecule has 4 rings (SSSR count). The number of sulfone groups is 1. The summed E-state index contributed by atoms with van der Waals surface area (Å²) in [5.74, 6) is -0.333. The number of hydrogen-bond donors (Lipinski definition) is 1. The number of pyridine rings is 1. The zero-order valence-electron chi connectivity index (χ0n) is 17.3. The smallest absolute Gasteiger partial charge is 0.251 e. The van der Waals surface area contributed by atoms with Crippen molar-refractivity contribution in [2.75, 3.05) is 6.26 Å². The Morgan fingerprint density at radius 3 is 2.45 bits per heavy atom. The highest BCUT2D eigenvalue weighted by atomic mass is 32.2. The van der Waals surface area contributed by atoms with Crippen molar-refractivity contribution < 1.29 is 13.2 Å². The van der Waals surface area contributed by atoms with E-state index in [1.807, 2.05) is 61.5 Å². The van der Waals surface area contributed by atoms with Crippen molar-refractivity contribution in [2.45, 2.75) is 18.4 Å². The molecule has 6 heteroatoms. The van der Waals surface area contributed by atoms with Gasteiger partial charge in [-0.25, -0.2) is 8.42 Å². The maximum absolute atomic E-state index is 12.9. The molecule has 0 aliphatic carbocycles. The minimum absolute atomic E-state index is 0.116. The van der Waals surface area contributed by atoms with Gasteiger partial charge < -0.3 is 5.32 Å². The Hall–Kier alpha value is -3.51. The maximum Gasteiger partial charge on any atom is 0.251 e. The molecule has 1 N–H and O–H groups in total. The first kappa shape index (κ1) is 20.8. The first-order valence-corrected chi connectivity index (χ1v) is 11.7. The summed E-state index contributed by atoms with van der Waals surface area (Å²) in [7, 11) is -3.48. The molecule has 156 valence electrons. The normalized spacial score (nSPS) is 11.4. The average Bonchev–Trinajstić information content (AvgIpc) is 2.77. The molecule has 5 nitrogen and oxygen atoms in total. The van der Waals surface area contributed by atoms with Crippen LogP contribution in [0.5, 0.6) is 0 Å². The first-order valence-electron chi connectivity index (χ1n) is 9.84. The highest BCUT2D eigenvalue weighted by Crippen LogP contribution is 2.25. The number of benzene rings is 3. The van der Waals surface area contributed by atoms with Gasteiger partial charge in [0.1, 0.15) is 0 Å². The van der Waals surface area contributed by atoms with Gasteiger partial charge in [-0.1, -0.05) is 48.0 Å². The maximum atomic E-state index is 12.9. The van der Waals surface area contributed by atoms with Gasteiger partial charge in [0.05, 0.1) is 10.4 Å². The summed E-state index contributed by atoms with van der Waals surface area (Å²) in [6.07, 6.45) is 2.87. The second-order valence-electron chi connectivity index (χ2n) is 7.60. The number of aryl methyl sites for hydroxylation is 1. The Bertz CT molecular complexity index is 1380. The summed E-state index contributed by atoms with van der Waals surface area (Å²) in [5, 5.41) is 3.91. The molecule has 0 spiro atoms. The third-order valence-electron chi connectivity index (χ3n) is 5.11. The minimum atomic E-state index is -3.48. The van der Waals surface area contributed by atoms with Gasteiger partial charge in [0.25, 0.3) is 5.91 Å². The minimum Gasteiger partial charge on any atom is -0.348 e. The van der Waals surface area contributed by atoms with E-state index < -0.39 is 9.84 Å². The van der Waals surface area contributed by atoms with E-state index in [0.29, 0.717) is 17.7 Å². The van der Waals surface area contributed by atoms with Crippen LogP contribution in [-0.4, -0.2) is 25.6 Å². The van der Waals surface area contributed by atoms with Gasteiger partial charge >= 0.3 is 0 Å². The van der Waals surface area contributed by atoms with Crippen molar-refractivity contribution in [1.29, 1.82) is 0 Å². The number of aromatic nitrogens is 1. The van der Waals surface area contributed by atoms with Gasteiger partial charge in [-0.2, -0.15) is 0 Å². The van der Waals surface area contributed by atoms with Gasteiger partial charge in [0.15, 0.2) is 9.84 Å². The third-order valence-corrected chi connectivity index (χ3v) is 6.20. The van der Waals surface area contributed by atoms with Gasteiger partial charge in [0, 0.05) is 29.9 Å². The second kappa shape index (κ2) is 8.32. The van der Waals surface area contributed by atoms with Crippen LogP contribution < -0.4 is 5.32 Å². The van der Waals surface area contributed by atoms with E-state index in [1.54, 1.807) is 18.3 Å². The first-order chi connectivity index (χ1) is 14.8. The lowest BCUT2D eigenvalue weighted by atomic mass is 10.0. The summed E-state index contributed by atoms with van der Waals surface area (Å²) in [6, 6.07) is 22.2. The van der Waals surface area contributed by atoms with Crippen LogP contribution in [0.4, 0.5) is 0 Å². The molecule has 0 aliphatic heterocycles. The summed E-state index contributed by atoms with van der Waals surface area (Å²) in [5.41, 5.74) is 4.71. The Balaban J connectivity index is 1.62. The number of fused-ring (bicyclic) bond motifs is 1. The zero-order chi connectivity index (χ0) is 22.0. The monoisotopic (exact) mass is 430 g/mol. The van der Waals surface area contributed by atoms with E-state index in [-0.39, 0.29) is 10.8 Å². The van der Waals surface area contributed by atoms with Crippen molar-refractivity contribution in [2.24, 2.45) is 0 Å². The van der Waals surface area contributed by atoms with Crippen molar-refractivity contribution in [3.63, 3.8) is 0 Å². The summed E-state index contributed by atoms with van der Waals surface area (Å²) in [4.78, 5) is 17.3. The predicted molar refractivity (Wildman–Crippen MR) is 123 cm³/mol. The molecular weight excluding hydrogens is 408 g/mol. The molecule has 4 aromatic rings. The topological polar surface area (TPSA) is 76.1 Å². The largest absolute Gasteiger partial charge is 0.348 e. The fraction of sp³-hybridized carbons (Fsp3) is 0.120. The fourth-order valence-corrected chi connectivity index (χ4v) is 4.05. The lowest BCUT2D eigenvalue weighted by Crippen LogP contribution is -2.23. The summed E-state index contributed by atoms with van der Waals surface area (Å²) >= 11 is 0. The van der Waals surface area contributed by atoms with Crippen LogP contribution >= 0.6 is 0 Å². The molecular formula is C25H22N2O3S. The predicted octanol–water partition coefficient (Wildman–Crippen LogP) is 4.54. The quantitative estimate of drug-likeness (QED) is 0.504. The van der Waals surface area contributed by atoms with E-state index in [1.165, 1.54) is 6.07 Å². The number of carbonyl (C=O) groups is 1. The molecule has 0 fully saturated rings. The van der Waals surface area contributed by atoms with Crippen LogP contribution in [0.25, 0.3) is 22.0 Å². The van der Waals surface area contributed by atoms with Crippen LogP contribution in [0.2, 0.25) is 0 Å². The zero-order valence-corrected chi connectivity index (χ0v) is 18.1. The standard InChI is InChI=1S/C25H22N2O3S/c1-17-5-8-19(9-6-17)21-13-22(15-23(14-21)31(2,29)30)25(28)27-16-18-7-10-20-4-3-11-26-24(20)12-18/h3-15H,16H2,1-2H3,(H,27,28). The number of amides is 1. The SMILES string of the molecule is Cc1ccc(-c2cc(C(=O)NCc3ccc4cccnc4c3)cc(S(C)(=O)=O)c2)cc1. The molecule has 3 aromatic carbocycles. The van der Waals surface area contributed by atoms with Crippen LogP contribution in [0, 0.1) is 6.92 Å². The number of carbonyl (C=O) groups excluding carboxylic acids is 1. The summed E-state index contributed by atoms with van der Waals surface area (Å²) < 4.78 is 24.4. The van der Waals surface area contributed by atoms with Gasteiger partial charge in [-0.3, -0.25) is 9.78 Å². The molecule has 0 saturated carbocycles. The fourth-order valence-electron chi connectivity index (χ4n) is 3.36. The van der Waals surface area contributed by atoms with Gasteiger partial charge in [-0.05, 0) is 53.9 Å². The molecule has 0 saturated heterocycles. The van der Waals surface area contributed by atoms with E-state index in [2.05, 4.69) is 10.3 Å². The number of hydrogen-bond acceptors (Lipinski definition) is 4. The molecule has 0 unspecified atom stereocenters. The molecule has 0 atom stereocenters. The molecule has 1 heterocycles. The molecule has 31 heavy (non-hydrogen) atoms. The van der Waals surface area contributed by atoms with Crippen molar-refractivity contribution in [3.8, 4) is 11.1 Å². The van der Waals surface area contributed by atoms with E-state index in [4.69, 9.17) is 0 Å². The molecule has 0 bridgehead atoms. The van der Waals surface area contributed by atoms with Crippen LogP contribution in [0.1, 0.15) is 21.5 Å². The lowest BCUT2D eigenvalue weighted by Gasteiger charge is -2.11. The van der Waals surface area contributed by atoms with E-state index in [9.17, 15) is 13.2 Å². The van der Waals surface area contributed by atoms with Crippen molar-refractivity contribution >= 4 is 26.6 Å². The second-order valence-corrected chi connectivity index (χ2v) is 9.61. The van der Waals surface area contributed by atoms with Crippen molar-refractivity contribution in [3.05, 3.63) is 95.7 Å². The Labute approximate surface area is 181 Å². The van der Waals surface area contributed by atoms with Crippen LogP contribution in [0.15, 0.2) is 83.9 Å². The number of rotatable bonds is 5. The Kier molecular flexibility index (Phi) is 5.57. The lowest BCUT2D eigenvalue weighted by molar-refractivity contribution is 0.0950. The van der Waals surface area contributed by atoms with E-state index in [0.717, 1.165) is 33.8 Å². The molecule has 0 aliphatic rings. The molecule has 1 aromatic heterocycles. The number of nitrogens with one attached hydrogen (secondary N) is 1. The summed E-state index contributed by atoms with van der Waals surface area (Å²) in [6.45, 7) is 2.30. The van der Waals surface area contributed by atoms with Crippen LogP contribution in [-0.2, 0) is 16.4 Å². The molecule has 1 amide bonds. The van der Waals surface area contributed by atoms with Crippen molar-refractivity contribution in [1.82, 2.24) is 10.3 Å². The van der Waals surface area contributed by atoms with Gasteiger partial charge in [-0.15, -0.1) is 0 Å². The average molecular weight is 431 g/mol. The molecule has 0 radical (unpaired) electrons. The Morgan fingerprint density at radius 2 is 1.71 bits per heavy atom. The van der Waals surface area contributed by atoms with Crippen LogP contribution in [0.3, 0.4) is 0 Å².